The van der Waals surface area contributed by atoms with E-state index < -0.39 is 31.4 Å². The first-order chi connectivity index (χ1) is 16.1. The lowest BCUT2D eigenvalue weighted by Crippen LogP contribution is -2.68. The average Bonchev–Trinajstić information content (AvgIpc) is 3.41. The van der Waals surface area contributed by atoms with Crippen LogP contribution in [0.3, 0.4) is 0 Å². The van der Waals surface area contributed by atoms with Crippen LogP contribution >= 0.6 is 0 Å². The number of aromatic nitrogens is 4. The molecule has 0 unspecified atom stereocenters. The number of carbonyl (C=O) groups is 1. The van der Waals surface area contributed by atoms with E-state index >= 15 is 0 Å². The molecule has 2 aromatic heterocycles. The maximum absolute atomic E-state index is 13.7. The van der Waals surface area contributed by atoms with Gasteiger partial charge in [-0.1, -0.05) is 19.1 Å². The zero-order valence-corrected chi connectivity index (χ0v) is 19.7. The van der Waals surface area contributed by atoms with Crippen LogP contribution in [0.2, 0.25) is 12.1 Å². The van der Waals surface area contributed by atoms with Gasteiger partial charge in [-0.2, -0.15) is 13.2 Å². The number of carbonyl (C=O) groups excluding carboxylic acids is 1. The van der Waals surface area contributed by atoms with Crippen molar-refractivity contribution in [2.75, 3.05) is 7.11 Å². The molecule has 2 aromatic carbocycles. The van der Waals surface area contributed by atoms with E-state index in [1.807, 2.05) is 29.8 Å². The van der Waals surface area contributed by atoms with Crippen LogP contribution in [-0.4, -0.2) is 40.9 Å². The summed E-state index contributed by atoms with van der Waals surface area (Å²) in [6.45, 7) is 2.20. The molecule has 176 valence electrons. The number of methoxy groups -OCH3 is 1. The van der Waals surface area contributed by atoms with Crippen molar-refractivity contribution < 1.29 is 27.1 Å². The molecule has 0 radical (unpaired) electrons. The van der Waals surface area contributed by atoms with E-state index in [1.165, 1.54) is 6.07 Å². The Morgan fingerprint density at radius 2 is 2.00 bits per heavy atom. The van der Waals surface area contributed by atoms with Gasteiger partial charge in [-0.25, -0.2) is 9.78 Å². The van der Waals surface area contributed by atoms with Crippen LogP contribution in [0.15, 0.2) is 47.1 Å². The number of alkyl halides is 3. The zero-order chi connectivity index (χ0) is 24.3. The fourth-order valence-corrected chi connectivity index (χ4v) is 10.1. The number of hydrogen-bond donors (Lipinski definition) is 0. The second-order valence-electron chi connectivity index (χ2n) is 8.82. The second kappa shape index (κ2) is 7.79. The summed E-state index contributed by atoms with van der Waals surface area (Å²) in [5.41, 5.74) is -0.255. The topological polar surface area (TPSA) is 83.0 Å². The highest BCUT2D eigenvalue weighted by atomic mass is 28.3. The van der Waals surface area contributed by atoms with Crippen LogP contribution in [0.4, 0.5) is 13.2 Å². The fraction of sp³-hybridized carbons (Fsp3) is 0.304. The molecule has 34 heavy (non-hydrogen) atoms. The summed E-state index contributed by atoms with van der Waals surface area (Å²) in [6.07, 6.45) is -3.04. The standard InChI is InChI=1S/C23H21F3N4O3Si/c1-13-10-34(11-13,22-29-27-12-30(22)2)16-6-4-5-14(7-16)20-28-18-9-15(21(31)32-3)8-17(19(18)33-20)23(24,25)26/h4-9,12-13H,10-11H2,1-3H3/t13-,34+. The monoisotopic (exact) mass is 486 g/mol. The number of hydrogen-bond acceptors (Lipinski definition) is 6. The van der Waals surface area contributed by atoms with Crippen LogP contribution < -0.4 is 10.6 Å². The number of benzene rings is 2. The first kappa shape index (κ1) is 22.3. The van der Waals surface area contributed by atoms with E-state index in [-0.39, 0.29) is 17.0 Å². The van der Waals surface area contributed by atoms with Crippen molar-refractivity contribution in [2.45, 2.75) is 25.2 Å². The van der Waals surface area contributed by atoms with E-state index in [4.69, 9.17) is 4.42 Å². The molecular weight excluding hydrogens is 465 g/mol. The third-order valence-electron chi connectivity index (χ3n) is 6.41. The van der Waals surface area contributed by atoms with Crippen molar-refractivity contribution in [3.8, 4) is 11.5 Å². The third-order valence-corrected chi connectivity index (χ3v) is 11.9. The van der Waals surface area contributed by atoms with Gasteiger partial charge in [-0.3, -0.25) is 0 Å². The quantitative estimate of drug-likeness (QED) is 0.324. The van der Waals surface area contributed by atoms with E-state index in [9.17, 15) is 18.0 Å². The van der Waals surface area contributed by atoms with Gasteiger partial charge in [0.05, 0.1) is 12.7 Å². The minimum absolute atomic E-state index is 0.0545. The van der Waals surface area contributed by atoms with Gasteiger partial charge < -0.3 is 13.7 Å². The molecule has 11 heteroatoms. The molecule has 4 aromatic rings. The van der Waals surface area contributed by atoms with Gasteiger partial charge in [0.2, 0.25) is 5.89 Å². The lowest BCUT2D eigenvalue weighted by molar-refractivity contribution is -0.136. The smallest absolute Gasteiger partial charge is 0.420 e. The Balaban J connectivity index is 1.64. The molecule has 7 nitrogen and oxygen atoms in total. The number of oxazole rings is 1. The SMILES string of the molecule is COC(=O)c1cc(C(F)(F)F)c2oc(-c3cccc([Si@]4(c5nncn5C)C[C@@H](C)C4)c3)nc2c1. The van der Waals surface area contributed by atoms with Gasteiger partial charge in [-0.15, -0.1) is 10.2 Å². The summed E-state index contributed by atoms with van der Waals surface area (Å²) in [5.74, 6) is -0.268. The molecule has 0 N–H and O–H groups in total. The van der Waals surface area contributed by atoms with Crippen molar-refractivity contribution in [1.82, 2.24) is 19.7 Å². The largest absolute Gasteiger partial charge is 0.465 e. The Labute approximate surface area is 193 Å². The van der Waals surface area contributed by atoms with Crippen LogP contribution in [0.1, 0.15) is 22.8 Å². The van der Waals surface area contributed by atoms with E-state index in [1.54, 1.807) is 12.4 Å². The molecule has 1 fully saturated rings. The minimum Gasteiger partial charge on any atom is -0.465 e. The maximum atomic E-state index is 13.7. The Kier molecular flexibility index (Phi) is 5.12. The summed E-state index contributed by atoms with van der Waals surface area (Å²) in [6, 6.07) is 11.6. The Bertz CT molecular complexity index is 1410. The average molecular weight is 487 g/mol. The van der Waals surface area contributed by atoms with E-state index in [2.05, 4.69) is 26.8 Å². The molecule has 0 saturated carbocycles. The molecule has 0 bridgehead atoms. The second-order valence-corrected chi connectivity index (χ2v) is 12.8. The zero-order valence-electron chi connectivity index (χ0n) is 18.7. The summed E-state index contributed by atoms with van der Waals surface area (Å²) in [7, 11) is 0.890. The first-order valence-electron chi connectivity index (χ1n) is 10.7. The predicted molar refractivity (Wildman–Crippen MR) is 121 cm³/mol. The van der Waals surface area contributed by atoms with Crippen LogP contribution in [0.25, 0.3) is 22.6 Å². The van der Waals surface area contributed by atoms with E-state index in [0.717, 1.165) is 35.9 Å². The highest BCUT2D eigenvalue weighted by molar-refractivity contribution is 7.03. The number of esters is 1. The highest BCUT2D eigenvalue weighted by Crippen LogP contribution is 2.39. The molecule has 5 rings (SSSR count). The third kappa shape index (κ3) is 3.51. The maximum Gasteiger partial charge on any atom is 0.420 e. The van der Waals surface area contributed by atoms with Gasteiger partial charge in [-0.05, 0) is 47.5 Å². The molecule has 1 saturated heterocycles. The van der Waals surface area contributed by atoms with Gasteiger partial charge in [0, 0.05) is 12.6 Å². The van der Waals surface area contributed by atoms with Crippen molar-refractivity contribution in [3.05, 3.63) is 53.9 Å². The molecule has 0 amide bonds. The molecule has 1 aliphatic rings. The Hall–Kier alpha value is -3.47. The summed E-state index contributed by atoms with van der Waals surface area (Å²) in [4.78, 5) is 16.2. The molecule has 3 heterocycles. The fourth-order valence-electron chi connectivity index (χ4n) is 4.95. The minimum atomic E-state index is -4.73. The predicted octanol–water partition coefficient (Wildman–Crippen LogP) is 3.64. The molecule has 1 aliphatic heterocycles. The Morgan fingerprint density at radius 1 is 1.24 bits per heavy atom. The van der Waals surface area contributed by atoms with Crippen LogP contribution in [0.5, 0.6) is 0 Å². The van der Waals surface area contributed by atoms with Crippen molar-refractivity contribution >= 4 is 35.8 Å². The molecule has 0 atom stereocenters. The molecule has 0 spiro atoms. The number of ether oxygens (including phenoxy) is 1. The Morgan fingerprint density at radius 3 is 2.62 bits per heavy atom. The lowest BCUT2D eigenvalue weighted by atomic mass is 10.1. The van der Waals surface area contributed by atoms with Gasteiger partial charge in [0.15, 0.2) is 13.7 Å². The first-order valence-corrected chi connectivity index (χ1v) is 13.1. The number of halogens is 3. The summed E-state index contributed by atoms with van der Waals surface area (Å²) >= 11 is 0. The summed E-state index contributed by atoms with van der Waals surface area (Å²) in [5, 5.41) is 9.57. The highest BCUT2D eigenvalue weighted by Gasteiger charge is 2.51. The van der Waals surface area contributed by atoms with Crippen molar-refractivity contribution in [1.29, 1.82) is 0 Å². The van der Waals surface area contributed by atoms with Gasteiger partial charge in [0.1, 0.15) is 22.9 Å². The lowest BCUT2D eigenvalue weighted by Gasteiger charge is -2.43. The normalized spacial score (nSPS) is 20.4. The van der Waals surface area contributed by atoms with Crippen molar-refractivity contribution in [3.63, 3.8) is 0 Å². The van der Waals surface area contributed by atoms with Gasteiger partial charge in [0.25, 0.3) is 0 Å². The number of fused-ring (bicyclic) bond motifs is 1. The van der Waals surface area contributed by atoms with Crippen LogP contribution in [-0.2, 0) is 18.0 Å². The molecular formula is C23H21F3N4O3Si. The number of rotatable bonds is 4. The van der Waals surface area contributed by atoms with Crippen LogP contribution in [0, 0.1) is 5.92 Å². The number of aryl methyl sites for hydroxylation is 1. The van der Waals surface area contributed by atoms with Gasteiger partial charge >= 0.3 is 12.1 Å². The molecule has 0 aliphatic carbocycles. The van der Waals surface area contributed by atoms with Crippen molar-refractivity contribution in [2.24, 2.45) is 13.0 Å². The summed E-state index contributed by atoms with van der Waals surface area (Å²) < 4.78 is 53.4. The van der Waals surface area contributed by atoms with E-state index in [0.29, 0.717) is 11.5 Å². The number of nitrogens with zero attached hydrogens (tertiary/aromatic N) is 4.